The molecular weight excluding hydrogens is 435 g/mol. The Bertz CT molecular complexity index is 1150. The van der Waals surface area contributed by atoms with Crippen molar-refractivity contribution in [2.75, 3.05) is 6.61 Å². The Balaban J connectivity index is 2.00. The van der Waals surface area contributed by atoms with E-state index in [9.17, 15) is 19.1 Å². The lowest BCUT2D eigenvalue weighted by molar-refractivity contribution is -0.145. The van der Waals surface area contributed by atoms with E-state index in [1.165, 1.54) is 18.2 Å². The van der Waals surface area contributed by atoms with E-state index in [-0.39, 0.29) is 31.2 Å². The summed E-state index contributed by atoms with van der Waals surface area (Å²) in [6.45, 7) is 5.90. The predicted molar refractivity (Wildman–Crippen MR) is 129 cm³/mol. The minimum absolute atomic E-state index is 0.0615. The first-order valence-corrected chi connectivity index (χ1v) is 11.3. The molecule has 0 aliphatic carbocycles. The minimum Gasteiger partial charge on any atom is -0.466 e. The number of rotatable bonds is 10. The van der Waals surface area contributed by atoms with E-state index < -0.39 is 17.9 Å². The van der Waals surface area contributed by atoms with Gasteiger partial charge in [-0.15, -0.1) is 0 Å². The van der Waals surface area contributed by atoms with Crippen molar-refractivity contribution in [2.45, 2.75) is 45.6 Å². The number of benzene rings is 2. The number of nitrogens with zero attached hydrogens (tertiary/aromatic N) is 2. The maximum atomic E-state index is 13.6. The van der Waals surface area contributed by atoms with Crippen molar-refractivity contribution < 1.29 is 23.8 Å². The van der Waals surface area contributed by atoms with Crippen LogP contribution in [-0.2, 0) is 14.3 Å². The minimum atomic E-state index is -1.08. The van der Waals surface area contributed by atoms with E-state index in [0.29, 0.717) is 11.5 Å². The van der Waals surface area contributed by atoms with Crippen LogP contribution in [0.25, 0.3) is 23.2 Å². The second-order valence-electron chi connectivity index (χ2n) is 8.19. The van der Waals surface area contributed by atoms with Crippen molar-refractivity contribution in [2.24, 2.45) is 0 Å². The molecule has 0 spiro atoms. The first-order valence-electron chi connectivity index (χ1n) is 11.3. The third-order valence-electron chi connectivity index (χ3n) is 5.17. The Kier molecular flexibility index (Phi) is 8.49. The summed E-state index contributed by atoms with van der Waals surface area (Å²) in [6, 6.07) is 15.8. The topological polar surface area (TPSA) is 81.4 Å². The third kappa shape index (κ3) is 6.26. The van der Waals surface area contributed by atoms with Gasteiger partial charge in [-0.2, -0.15) is 0 Å². The molecule has 1 atom stereocenters. The Labute approximate surface area is 198 Å². The number of hydrogen-bond donors (Lipinski definition) is 1. The summed E-state index contributed by atoms with van der Waals surface area (Å²) in [6.07, 6.45) is 1.57. The third-order valence-corrected chi connectivity index (χ3v) is 5.17. The van der Waals surface area contributed by atoms with Crippen LogP contribution in [0.1, 0.15) is 50.9 Å². The highest BCUT2D eigenvalue weighted by atomic mass is 19.1. The van der Waals surface area contributed by atoms with Crippen LogP contribution in [0.4, 0.5) is 4.39 Å². The molecule has 1 aromatic heterocycles. The summed E-state index contributed by atoms with van der Waals surface area (Å²) < 4.78 is 20.3. The van der Waals surface area contributed by atoms with E-state index >= 15 is 0 Å². The number of carbonyl (C=O) groups excluding carboxylic acids is 2. The van der Waals surface area contributed by atoms with Gasteiger partial charge < -0.3 is 9.84 Å². The fraction of sp³-hybridized carbons (Fsp3) is 0.296. The molecule has 178 valence electrons. The molecule has 7 heteroatoms. The van der Waals surface area contributed by atoms with Gasteiger partial charge in [0.25, 0.3) is 0 Å². The number of carbonyl (C=O) groups is 2. The van der Waals surface area contributed by atoms with E-state index in [1.54, 1.807) is 25.1 Å². The van der Waals surface area contributed by atoms with Gasteiger partial charge in [-0.25, -0.2) is 9.37 Å². The normalized spacial score (nSPS) is 12.3. The van der Waals surface area contributed by atoms with Crippen molar-refractivity contribution in [1.82, 2.24) is 9.55 Å². The Morgan fingerprint density at radius 1 is 1.12 bits per heavy atom. The molecule has 0 saturated carbocycles. The van der Waals surface area contributed by atoms with E-state index in [2.05, 4.69) is 0 Å². The van der Waals surface area contributed by atoms with Gasteiger partial charge in [0.05, 0.1) is 24.1 Å². The molecule has 0 aliphatic heterocycles. The van der Waals surface area contributed by atoms with Crippen LogP contribution < -0.4 is 0 Å². The summed E-state index contributed by atoms with van der Waals surface area (Å²) in [4.78, 5) is 28.5. The molecule has 0 fully saturated rings. The molecule has 2 aromatic carbocycles. The number of hydrogen-bond acceptors (Lipinski definition) is 5. The number of aliphatic hydroxyl groups is 1. The summed E-state index contributed by atoms with van der Waals surface area (Å²) in [5.74, 6) is -0.610. The predicted octanol–water partition coefficient (Wildman–Crippen LogP) is 5.09. The quantitative estimate of drug-likeness (QED) is 0.334. The van der Waals surface area contributed by atoms with Crippen molar-refractivity contribution >= 4 is 17.8 Å². The fourth-order valence-electron chi connectivity index (χ4n) is 3.62. The summed E-state index contributed by atoms with van der Waals surface area (Å²) in [5.41, 5.74) is 3.12. The second kappa shape index (κ2) is 11.5. The highest BCUT2D eigenvalue weighted by molar-refractivity contribution is 5.95. The number of imidazole rings is 1. The Morgan fingerprint density at radius 3 is 2.41 bits per heavy atom. The lowest BCUT2D eigenvalue weighted by Gasteiger charge is -2.12. The van der Waals surface area contributed by atoms with Gasteiger partial charge in [0, 0.05) is 17.7 Å². The Morgan fingerprint density at radius 2 is 1.79 bits per heavy atom. The van der Waals surface area contributed by atoms with Crippen LogP contribution in [0.3, 0.4) is 0 Å². The molecular formula is C27H29FN2O4. The highest BCUT2D eigenvalue weighted by Gasteiger charge is 2.21. The number of ether oxygens (including phenoxy) is 1. The second-order valence-corrected chi connectivity index (χ2v) is 8.19. The Hall–Kier alpha value is -3.58. The summed E-state index contributed by atoms with van der Waals surface area (Å²) in [5, 5.41) is 10.4. The number of halogens is 1. The monoisotopic (exact) mass is 464 g/mol. The van der Waals surface area contributed by atoms with Crippen molar-refractivity contribution in [1.29, 1.82) is 0 Å². The number of Topliss-reactive ketones (excluding diaryl/α,β-unsaturated/α-hetero) is 1. The molecule has 0 aliphatic rings. The molecule has 0 bridgehead atoms. The van der Waals surface area contributed by atoms with Crippen LogP contribution in [0.5, 0.6) is 0 Å². The zero-order chi connectivity index (χ0) is 24.7. The van der Waals surface area contributed by atoms with Crippen LogP contribution >= 0.6 is 0 Å². The number of aromatic nitrogens is 2. The molecule has 0 amide bonds. The van der Waals surface area contributed by atoms with E-state index in [0.717, 1.165) is 17.0 Å². The van der Waals surface area contributed by atoms with E-state index in [1.807, 2.05) is 48.7 Å². The highest BCUT2D eigenvalue weighted by Crippen LogP contribution is 2.31. The number of aliphatic hydroxyl groups excluding tert-OH is 1. The summed E-state index contributed by atoms with van der Waals surface area (Å²) >= 11 is 0. The maximum absolute atomic E-state index is 13.6. The summed E-state index contributed by atoms with van der Waals surface area (Å²) in [7, 11) is 0. The van der Waals surface area contributed by atoms with Crippen LogP contribution in [0.2, 0.25) is 0 Å². The largest absolute Gasteiger partial charge is 0.466 e. The number of esters is 1. The van der Waals surface area contributed by atoms with Gasteiger partial charge in [-0.1, -0.05) is 50.3 Å². The smallest absolute Gasteiger partial charge is 0.313 e. The van der Waals surface area contributed by atoms with Gasteiger partial charge in [0.2, 0.25) is 0 Å². The SMILES string of the molecule is CCOC(=O)CC(=O)CC(O)/C=C/c1c(C(C)C)nc(-c2ccccc2)n1-c1ccc(F)cc1. The maximum Gasteiger partial charge on any atom is 0.313 e. The average molecular weight is 465 g/mol. The molecule has 0 radical (unpaired) electrons. The van der Waals surface area contributed by atoms with Gasteiger partial charge in [0.15, 0.2) is 0 Å². The first-order chi connectivity index (χ1) is 16.3. The van der Waals surface area contributed by atoms with Crippen LogP contribution in [0.15, 0.2) is 60.7 Å². The van der Waals surface area contributed by atoms with Crippen molar-refractivity contribution in [3.8, 4) is 17.1 Å². The molecule has 6 nitrogen and oxygen atoms in total. The van der Waals surface area contributed by atoms with Crippen LogP contribution in [-0.4, -0.2) is 39.1 Å². The molecule has 3 rings (SSSR count). The van der Waals surface area contributed by atoms with Crippen molar-refractivity contribution in [3.63, 3.8) is 0 Å². The average Bonchev–Trinajstić information content (AvgIpc) is 3.18. The van der Waals surface area contributed by atoms with Gasteiger partial charge in [-0.05, 0) is 43.2 Å². The zero-order valence-corrected chi connectivity index (χ0v) is 19.6. The fourth-order valence-corrected chi connectivity index (χ4v) is 3.62. The van der Waals surface area contributed by atoms with Crippen LogP contribution in [0, 0.1) is 5.82 Å². The van der Waals surface area contributed by atoms with Crippen molar-refractivity contribution in [3.05, 3.63) is 77.9 Å². The molecule has 3 aromatic rings. The number of ketones is 1. The lowest BCUT2D eigenvalue weighted by atomic mass is 10.1. The molecule has 1 heterocycles. The molecule has 34 heavy (non-hydrogen) atoms. The standard InChI is InChI=1S/C27H29FN2O4/c1-4-34-25(33)17-23(32)16-22(31)14-15-24-26(18(2)3)29-27(19-8-6-5-7-9-19)30(24)21-12-10-20(28)11-13-21/h5-15,18,22,31H,4,16-17H2,1-3H3/b15-14+. The first kappa shape index (κ1) is 25.1. The van der Waals surface area contributed by atoms with Gasteiger partial charge in [0.1, 0.15) is 23.8 Å². The van der Waals surface area contributed by atoms with Gasteiger partial charge >= 0.3 is 5.97 Å². The molecule has 1 N–H and O–H groups in total. The zero-order valence-electron chi connectivity index (χ0n) is 19.6. The lowest BCUT2D eigenvalue weighted by Crippen LogP contribution is -2.16. The molecule has 0 saturated heterocycles. The van der Waals surface area contributed by atoms with Gasteiger partial charge in [-0.3, -0.25) is 14.2 Å². The molecule has 1 unspecified atom stereocenters. The van der Waals surface area contributed by atoms with E-state index in [4.69, 9.17) is 9.72 Å².